The lowest BCUT2D eigenvalue weighted by Crippen LogP contribution is -2.49. The van der Waals surface area contributed by atoms with E-state index in [1.165, 1.54) is 27.2 Å². The molecule has 1 N–H and O–H groups in total. The number of carbonyl (C=O) groups excluding carboxylic acids is 2. The second kappa shape index (κ2) is 8.99. The van der Waals surface area contributed by atoms with Crippen molar-refractivity contribution < 1.29 is 9.59 Å². The molecular weight excluding hydrogens is 400 g/mol. The minimum Gasteiger partial charge on any atom is -0.344 e. The van der Waals surface area contributed by atoms with Crippen molar-refractivity contribution in [3.05, 3.63) is 77.4 Å². The van der Waals surface area contributed by atoms with Crippen LogP contribution in [-0.4, -0.2) is 46.4 Å². The van der Waals surface area contributed by atoms with Gasteiger partial charge in [0.2, 0.25) is 0 Å². The van der Waals surface area contributed by atoms with Crippen LogP contribution in [0, 0.1) is 13.8 Å². The van der Waals surface area contributed by atoms with Crippen LogP contribution in [0.3, 0.4) is 0 Å². The molecule has 0 saturated heterocycles. The van der Waals surface area contributed by atoms with Crippen LogP contribution in [0.5, 0.6) is 0 Å². The number of hydrogen-bond acceptors (Lipinski definition) is 3. The van der Waals surface area contributed by atoms with E-state index in [0.29, 0.717) is 0 Å². The molecule has 2 heterocycles. The summed E-state index contributed by atoms with van der Waals surface area (Å²) in [7, 11) is 3.18. The summed E-state index contributed by atoms with van der Waals surface area (Å²) in [5.74, 6) is -0.132. The van der Waals surface area contributed by atoms with Crippen molar-refractivity contribution in [2.45, 2.75) is 45.2 Å². The van der Waals surface area contributed by atoms with Crippen molar-refractivity contribution in [2.75, 3.05) is 14.1 Å². The summed E-state index contributed by atoms with van der Waals surface area (Å²) in [4.78, 5) is 30.7. The molecule has 6 heteroatoms. The van der Waals surface area contributed by atoms with E-state index in [1.807, 2.05) is 6.92 Å². The molecule has 1 aliphatic heterocycles. The molecule has 0 saturated carbocycles. The molecule has 2 amide bonds. The lowest BCUT2D eigenvalue weighted by molar-refractivity contribution is -0.144. The summed E-state index contributed by atoms with van der Waals surface area (Å²) in [6, 6.07) is 16.9. The van der Waals surface area contributed by atoms with Gasteiger partial charge in [-0.3, -0.25) is 9.59 Å². The first-order valence-corrected chi connectivity index (χ1v) is 11.0. The van der Waals surface area contributed by atoms with E-state index in [2.05, 4.69) is 71.5 Å². The second-order valence-electron chi connectivity index (χ2n) is 8.88. The molecule has 0 fully saturated rings. The molecule has 3 aromatic rings. The lowest BCUT2D eigenvalue weighted by Gasteiger charge is -2.33. The van der Waals surface area contributed by atoms with Gasteiger partial charge in [-0.15, -0.1) is 0 Å². The van der Waals surface area contributed by atoms with Gasteiger partial charge in [0.15, 0.2) is 0 Å². The first-order chi connectivity index (χ1) is 15.3. The highest BCUT2D eigenvalue weighted by atomic mass is 16.2. The molecule has 0 aliphatic carbocycles. The van der Waals surface area contributed by atoms with E-state index in [1.54, 1.807) is 14.1 Å². The Morgan fingerprint density at radius 3 is 2.53 bits per heavy atom. The molecule has 0 radical (unpaired) electrons. The van der Waals surface area contributed by atoms with Gasteiger partial charge in [-0.25, -0.2) is 4.98 Å². The van der Waals surface area contributed by atoms with Crippen molar-refractivity contribution >= 4 is 11.8 Å². The Labute approximate surface area is 189 Å². The van der Waals surface area contributed by atoms with Gasteiger partial charge in [0.25, 0.3) is 0 Å². The third kappa shape index (κ3) is 4.59. The van der Waals surface area contributed by atoms with Crippen LogP contribution in [0.1, 0.15) is 35.0 Å². The number of imidazole rings is 1. The molecule has 1 aromatic heterocycles. The van der Waals surface area contributed by atoms with E-state index in [0.717, 1.165) is 30.9 Å². The molecule has 0 spiro atoms. The number of aryl methyl sites for hydroxylation is 3. The highest BCUT2D eigenvalue weighted by Gasteiger charge is 2.34. The van der Waals surface area contributed by atoms with Crippen LogP contribution in [0.4, 0.5) is 0 Å². The van der Waals surface area contributed by atoms with E-state index >= 15 is 0 Å². The van der Waals surface area contributed by atoms with Gasteiger partial charge in [0.1, 0.15) is 5.82 Å². The molecule has 0 unspecified atom stereocenters. The Morgan fingerprint density at radius 2 is 1.81 bits per heavy atom. The quantitative estimate of drug-likeness (QED) is 0.645. The van der Waals surface area contributed by atoms with Crippen LogP contribution >= 0.6 is 0 Å². The average Bonchev–Trinajstić information content (AvgIpc) is 3.15. The smallest absolute Gasteiger partial charge is 0.311 e. The van der Waals surface area contributed by atoms with Crippen molar-refractivity contribution in [3.63, 3.8) is 0 Å². The van der Waals surface area contributed by atoms with E-state index < -0.39 is 11.8 Å². The topological polar surface area (TPSA) is 67.2 Å². The summed E-state index contributed by atoms with van der Waals surface area (Å²) in [5, 5.41) is 2.99. The number of aromatic nitrogens is 2. The van der Waals surface area contributed by atoms with Gasteiger partial charge in [0.05, 0.1) is 5.69 Å². The number of nitrogens with one attached hydrogen (secondary N) is 1. The zero-order valence-corrected chi connectivity index (χ0v) is 19.1. The summed E-state index contributed by atoms with van der Waals surface area (Å²) in [6.07, 6.45) is 3.56. The molecule has 6 nitrogen and oxygen atoms in total. The molecule has 1 aliphatic rings. The minimum atomic E-state index is -0.560. The predicted octanol–water partition coefficient (Wildman–Crippen LogP) is 3.47. The zero-order valence-electron chi connectivity index (χ0n) is 19.1. The number of carbonyl (C=O) groups is 2. The summed E-state index contributed by atoms with van der Waals surface area (Å²) in [5.41, 5.74) is 5.74. The Morgan fingerprint density at radius 1 is 1.09 bits per heavy atom. The summed E-state index contributed by atoms with van der Waals surface area (Å²) >= 11 is 0. The molecule has 4 rings (SSSR count). The maximum absolute atomic E-state index is 12.5. The normalized spacial score (nSPS) is 17.5. The molecule has 166 valence electrons. The van der Waals surface area contributed by atoms with Crippen molar-refractivity contribution in [1.82, 2.24) is 19.8 Å². The highest BCUT2D eigenvalue weighted by Crippen LogP contribution is 2.32. The van der Waals surface area contributed by atoms with Crippen LogP contribution in [0.15, 0.2) is 54.7 Å². The number of likely N-dealkylation sites (N-methyl/N-ethyl adjacent to an activating group) is 1. The zero-order chi connectivity index (χ0) is 22.8. The van der Waals surface area contributed by atoms with E-state index in [9.17, 15) is 9.59 Å². The molecular formula is C26H30N4O2. The van der Waals surface area contributed by atoms with Gasteiger partial charge >= 0.3 is 11.8 Å². The third-order valence-electron chi connectivity index (χ3n) is 6.08. The van der Waals surface area contributed by atoms with E-state index in [-0.39, 0.29) is 12.0 Å². The molecule has 0 bridgehead atoms. The van der Waals surface area contributed by atoms with Gasteiger partial charge in [-0.05, 0) is 43.4 Å². The van der Waals surface area contributed by atoms with Crippen molar-refractivity contribution in [3.8, 4) is 11.1 Å². The number of fused-ring (bicyclic) bond motifs is 1. The Bertz CT molecular complexity index is 1150. The van der Waals surface area contributed by atoms with Gasteiger partial charge in [-0.1, -0.05) is 54.1 Å². The first kappa shape index (κ1) is 21.8. The molecule has 2 aromatic carbocycles. The predicted molar refractivity (Wildman–Crippen MR) is 125 cm³/mol. The Kier molecular flexibility index (Phi) is 6.12. The van der Waals surface area contributed by atoms with Gasteiger partial charge in [0, 0.05) is 38.8 Å². The van der Waals surface area contributed by atoms with Crippen LogP contribution in [0.2, 0.25) is 0 Å². The monoisotopic (exact) mass is 430 g/mol. The summed E-state index contributed by atoms with van der Waals surface area (Å²) in [6.45, 7) is 4.86. The number of amides is 2. The SMILES string of the molecule is Cc1cccc(-c2cccc(C[C@@H]3c4nc(C)cn4CC[C@@H]3NC(=O)C(=O)N(C)C)c2)c1. The lowest BCUT2D eigenvalue weighted by atomic mass is 9.86. The van der Waals surface area contributed by atoms with Crippen LogP contribution < -0.4 is 5.32 Å². The van der Waals surface area contributed by atoms with Crippen LogP contribution in [0.25, 0.3) is 11.1 Å². The number of benzene rings is 2. The average molecular weight is 431 g/mol. The largest absolute Gasteiger partial charge is 0.344 e. The first-order valence-electron chi connectivity index (χ1n) is 11.0. The van der Waals surface area contributed by atoms with Crippen LogP contribution in [-0.2, 0) is 22.6 Å². The fourth-order valence-corrected chi connectivity index (χ4v) is 4.50. The number of hydrogen-bond donors (Lipinski definition) is 1. The van der Waals surface area contributed by atoms with Crippen molar-refractivity contribution in [1.29, 1.82) is 0 Å². The Balaban J connectivity index is 1.63. The number of nitrogens with zero attached hydrogens (tertiary/aromatic N) is 3. The van der Waals surface area contributed by atoms with Crippen molar-refractivity contribution in [2.24, 2.45) is 0 Å². The molecule has 2 atom stereocenters. The maximum Gasteiger partial charge on any atom is 0.311 e. The maximum atomic E-state index is 12.5. The Hall–Kier alpha value is -3.41. The fraction of sp³-hybridized carbons (Fsp3) is 0.346. The molecule has 32 heavy (non-hydrogen) atoms. The minimum absolute atomic E-state index is 0.0101. The highest BCUT2D eigenvalue weighted by molar-refractivity contribution is 6.34. The van der Waals surface area contributed by atoms with E-state index in [4.69, 9.17) is 4.98 Å². The standard InChI is InChI=1S/C26H30N4O2/c1-17-7-5-9-20(13-17)21-10-6-8-19(14-21)15-22-23(28-25(31)26(32)29(3)4)11-12-30-16-18(2)27-24(22)30/h5-10,13-14,16,22-23H,11-12,15H2,1-4H3,(H,28,31)/t22-,23-/m0/s1. The fourth-order valence-electron chi connectivity index (χ4n) is 4.50. The van der Waals surface area contributed by atoms with Gasteiger partial charge < -0.3 is 14.8 Å². The number of rotatable bonds is 4. The summed E-state index contributed by atoms with van der Waals surface area (Å²) < 4.78 is 2.18. The third-order valence-corrected chi connectivity index (χ3v) is 6.08. The van der Waals surface area contributed by atoms with Gasteiger partial charge in [-0.2, -0.15) is 0 Å². The second-order valence-corrected chi connectivity index (χ2v) is 8.88.